The summed E-state index contributed by atoms with van der Waals surface area (Å²) in [5, 5.41) is 0. The molecule has 0 radical (unpaired) electrons. The fourth-order valence-corrected chi connectivity index (χ4v) is 3.43. The van der Waals surface area contributed by atoms with Crippen LogP contribution in [0.1, 0.15) is 20.3 Å². The molecule has 0 N–H and O–H groups in total. The molecule has 0 saturated carbocycles. The third-order valence-electron chi connectivity index (χ3n) is 1.89. The Morgan fingerprint density at radius 2 is 1.67 bits per heavy atom. The molecular formula is C9H16Cl3O5P. The summed E-state index contributed by atoms with van der Waals surface area (Å²) in [6.07, 6.45) is 0.102. The van der Waals surface area contributed by atoms with Crippen molar-refractivity contribution in [2.45, 2.75) is 29.9 Å². The fourth-order valence-electron chi connectivity index (χ4n) is 1.08. The number of carbonyl (C=O) groups excluding carboxylic acids is 1. The number of alkyl halides is 3. The summed E-state index contributed by atoms with van der Waals surface area (Å²) in [6.45, 7) is 3.63. The molecule has 1 atom stereocenters. The zero-order valence-electron chi connectivity index (χ0n) is 10.5. The van der Waals surface area contributed by atoms with Gasteiger partial charge in [-0.15, -0.1) is 0 Å². The van der Waals surface area contributed by atoms with Gasteiger partial charge in [-0.05, 0) is 5.92 Å². The van der Waals surface area contributed by atoms with Gasteiger partial charge in [-0.2, -0.15) is 0 Å². The third kappa shape index (κ3) is 5.64. The van der Waals surface area contributed by atoms with E-state index in [0.29, 0.717) is 0 Å². The van der Waals surface area contributed by atoms with E-state index < -0.39 is 23.2 Å². The normalized spacial score (nSPS) is 14.7. The number of esters is 1. The number of halogens is 3. The molecule has 108 valence electrons. The average Bonchev–Trinajstić information content (AvgIpc) is 2.22. The second-order valence-corrected chi connectivity index (χ2v) is 8.53. The van der Waals surface area contributed by atoms with Crippen LogP contribution in [0.4, 0.5) is 0 Å². The lowest BCUT2D eigenvalue weighted by atomic mass is 10.1. The van der Waals surface area contributed by atoms with E-state index in [1.54, 1.807) is 0 Å². The van der Waals surface area contributed by atoms with Crippen LogP contribution in [-0.4, -0.2) is 29.8 Å². The molecule has 0 aromatic rings. The molecular weight excluding hydrogens is 325 g/mol. The van der Waals surface area contributed by atoms with Crippen molar-refractivity contribution in [3.8, 4) is 0 Å². The van der Waals surface area contributed by atoms with Gasteiger partial charge in [0.2, 0.25) is 9.64 Å². The van der Waals surface area contributed by atoms with Crippen molar-refractivity contribution in [1.82, 2.24) is 0 Å². The van der Waals surface area contributed by atoms with E-state index in [1.165, 1.54) is 0 Å². The summed E-state index contributed by atoms with van der Waals surface area (Å²) in [6, 6.07) is 0. The minimum Gasteiger partial charge on any atom is -0.445 e. The summed E-state index contributed by atoms with van der Waals surface area (Å²) >= 11 is 16.9. The van der Waals surface area contributed by atoms with E-state index in [-0.39, 0.29) is 12.3 Å². The lowest BCUT2D eigenvalue weighted by Crippen LogP contribution is -2.32. The zero-order valence-corrected chi connectivity index (χ0v) is 13.6. The molecule has 0 aromatic heterocycles. The van der Waals surface area contributed by atoms with Gasteiger partial charge in [-0.1, -0.05) is 48.7 Å². The van der Waals surface area contributed by atoms with Crippen LogP contribution < -0.4 is 0 Å². The maximum Gasteiger partial charge on any atom is 0.374 e. The van der Waals surface area contributed by atoms with Crippen LogP contribution in [-0.2, 0) is 23.1 Å². The van der Waals surface area contributed by atoms with E-state index in [2.05, 4.69) is 9.05 Å². The van der Waals surface area contributed by atoms with Gasteiger partial charge in [-0.25, -0.2) is 0 Å². The summed E-state index contributed by atoms with van der Waals surface area (Å²) in [5.74, 6) is -2.20. The molecule has 0 spiro atoms. The third-order valence-corrected chi connectivity index (χ3v) is 5.03. The molecule has 0 aliphatic carbocycles. The zero-order chi connectivity index (χ0) is 14.6. The van der Waals surface area contributed by atoms with Crippen molar-refractivity contribution in [3.63, 3.8) is 0 Å². The molecule has 5 nitrogen and oxygen atoms in total. The highest BCUT2D eigenvalue weighted by molar-refractivity contribution is 7.55. The average molecular weight is 342 g/mol. The van der Waals surface area contributed by atoms with Crippen molar-refractivity contribution in [2.75, 3.05) is 14.2 Å². The first-order valence-electron chi connectivity index (χ1n) is 5.04. The summed E-state index contributed by atoms with van der Waals surface area (Å²) in [4.78, 5) is 11.6. The van der Waals surface area contributed by atoms with Crippen LogP contribution in [0.15, 0.2) is 0 Å². The number of ether oxygens (including phenoxy) is 1. The van der Waals surface area contributed by atoms with Crippen molar-refractivity contribution < 1.29 is 23.1 Å². The maximum atomic E-state index is 12.1. The van der Waals surface area contributed by atoms with Crippen molar-refractivity contribution in [2.24, 2.45) is 5.92 Å². The monoisotopic (exact) mass is 340 g/mol. The summed E-state index contributed by atoms with van der Waals surface area (Å²) in [7, 11) is -1.62. The number of rotatable bonds is 6. The van der Waals surface area contributed by atoms with Gasteiger partial charge >= 0.3 is 13.6 Å². The molecule has 0 saturated heterocycles. The number of hydrogen-bond acceptors (Lipinski definition) is 5. The molecule has 0 aliphatic heterocycles. The minimum atomic E-state index is -3.85. The van der Waals surface area contributed by atoms with Gasteiger partial charge in [-0.3, -0.25) is 9.36 Å². The Morgan fingerprint density at radius 3 is 1.94 bits per heavy atom. The molecule has 0 amide bonds. The molecule has 0 aromatic carbocycles. The number of carbonyl (C=O) groups is 1. The standard InChI is InChI=1S/C9H16Cl3O5P/c1-6(2)5-7(13)17-8(9(10,11)12)18(14,15-3)16-4/h6,8H,5H2,1-4H3. The lowest BCUT2D eigenvalue weighted by molar-refractivity contribution is -0.147. The van der Waals surface area contributed by atoms with Crippen LogP contribution in [0.5, 0.6) is 0 Å². The van der Waals surface area contributed by atoms with E-state index in [9.17, 15) is 9.36 Å². The topological polar surface area (TPSA) is 61.8 Å². The number of hydrogen-bond donors (Lipinski definition) is 0. The molecule has 0 rings (SSSR count). The SMILES string of the molecule is COP(=O)(OC)C(OC(=O)CC(C)C)C(Cl)(Cl)Cl. The highest BCUT2D eigenvalue weighted by Crippen LogP contribution is 2.59. The van der Waals surface area contributed by atoms with Gasteiger partial charge in [0, 0.05) is 20.6 Å². The quantitative estimate of drug-likeness (QED) is 0.418. The highest BCUT2D eigenvalue weighted by Gasteiger charge is 2.51. The summed E-state index contributed by atoms with van der Waals surface area (Å²) in [5.41, 5.74) is 0. The van der Waals surface area contributed by atoms with Crippen LogP contribution in [0.3, 0.4) is 0 Å². The molecule has 9 heteroatoms. The van der Waals surface area contributed by atoms with E-state index in [4.69, 9.17) is 39.5 Å². The Morgan fingerprint density at radius 1 is 1.22 bits per heavy atom. The van der Waals surface area contributed by atoms with Crippen molar-refractivity contribution >= 4 is 48.4 Å². The first kappa shape index (κ1) is 18.5. The van der Waals surface area contributed by atoms with Gasteiger partial charge in [0.05, 0.1) is 0 Å². The van der Waals surface area contributed by atoms with Crippen LogP contribution in [0.2, 0.25) is 0 Å². The van der Waals surface area contributed by atoms with E-state index in [1.807, 2.05) is 13.8 Å². The predicted octanol–water partition coefficient (Wildman–Crippen LogP) is 3.76. The predicted molar refractivity (Wildman–Crippen MR) is 71.2 cm³/mol. The van der Waals surface area contributed by atoms with Crippen molar-refractivity contribution in [1.29, 1.82) is 0 Å². The maximum absolute atomic E-state index is 12.1. The molecule has 1 unspecified atom stereocenters. The minimum absolute atomic E-state index is 0.0537. The van der Waals surface area contributed by atoms with Gasteiger partial charge in [0.1, 0.15) is 0 Å². The highest BCUT2D eigenvalue weighted by atomic mass is 35.6. The Balaban J connectivity index is 5.05. The fraction of sp³-hybridized carbons (Fsp3) is 0.889. The largest absolute Gasteiger partial charge is 0.445 e. The second-order valence-electron chi connectivity index (χ2n) is 3.89. The van der Waals surface area contributed by atoms with E-state index in [0.717, 1.165) is 14.2 Å². The first-order chi connectivity index (χ1) is 8.06. The lowest BCUT2D eigenvalue weighted by Gasteiger charge is -2.29. The van der Waals surface area contributed by atoms with Crippen LogP contribution >= 0.6 is 42.4 Å². The molecule has 0 bridgehead atoms. The first-order valence-corrected chi connectivity index (χ1v) is 7.78. The van der Waals surface area contributed by atoms with Gasteiger partial charge < -0.3 is 13.8 Å². The molecule has 0 fully saturated rings. The Bertz CT molecular complexity index is 321. The van der Waals surface area contributed by atoms with E-state index >= 15 is 0 Å². The van der Waals surface area contributed by atoms with Crippen LogP contribution in [0.25, 0.3) is 0 Å². The molecule has 0 aliphatic rings. The molecule has 18 heavy (non-hydrogen) atoms. The van der Waals surface area contributed by atoms with Gasteiger partial charge in [0.25, 0.3) is 0 Å². The summed E-state index contributed by atoms with van der Waals surface area (Å²) < 4.78 is 24.3. The van der Waals surface area contributed by atoms with Gasteiger partial charge in [0.15, 0.2) is 0 Å². The second kappa shape index (κ2) is 7.32. The van der Waals surface area contributed by atoms with Crippen LogP contribution in [0, 0.1) is 5.92 Å². The Hall–Kier alpha value is 0.490. The molecule has 0 heterocycles. The Labute approximate surface area is 122 Å². The smallest absolute Gasteiger partial charge is 0.374 e. The van der Waals surface area contributed by atoms with Crippen molar-refractivity contribution in [3.05, 3.63) is 0 Å². The Kier molecular flexibility index (Phi) is 7.52.